The second-order valence-corrected chi connectivity index (χ2v) is 20.6. The predicted octanol–water partition coefficient (Wildman–Crippen LogP) is 7.14. The van der Waals surface area contributed by atoms with Gasteiger partial charge in [-0.3, -0.25) is 19.2 Å². The molecule has 5 amide bonds. The number of amides is 5. The van der Waals surface area contributed by atoms with Crippen LogP contribution in [0.4, 0.5) is 18.0 Å². The Morgan fingerprint density at radius 1 is 0.682 bits per heavy atom. The van der Waals surface area contributed by atoms with Gasteiger partial charge in [-0.05, 0) is 119 Å². The number of carbonyl (C=O) groups excluding carboxylic acids is 5. The van der Waals surface area contributed by atoms with Gasteiger partial charge >= 0.3 is 18.2 Å². The van der Waals surface area contributed by atoms with Gasteiger partial charge in [0.1, 0.15) is 24.2 Å². The third-order valence-corrected chi connectivity index (χ3v) is 14.1. The fraction of sp³-hybridized carbons (Fsp3) is 0.617. The second-order valence-electron chi connectivity index (χ2n) is 19.7. The zero-order valence-corrected chi connectivity index (χ0v) is 39.7. The molecule has 8 rings (SSSR count). The summed E-state index contributed by atoms with van der Waals surface area (Å²) >= 11 is 12.0. The Kier molecular flexibility index (Phi) is 15.6. The Hall–Kier alpha value is -4.61. The number of piperazine rings is 2. The van der Waals surface area contributed by atoms with Crippen molar-refractivity contribution in [3.63, 3.8) is 0 Å². The summed E-state index contributed by atoms with van der Waals surface area (Å²) < 4.78 is 37.2. The van der Waals surface area contributed by atoms with Crippen molar-refractivity contribution in [1.29, 1.82) is 0 Å². The quantitative estimate of drug-likeness (QED) is 0.307. The van der Waals surface area contributed by atoms with Crippen molar-refractivity contribution in [3.8, 4) is 0 Å². The highest BCUT2D eigenvalue weighted by Gasteiger charge is 2.62. The van der Waals surface area contributed by atoms with Gasteiger partial charge in [-0.25, -0.2) is 9.59 Å². The highest BCUT2D eigenvalue weighted by Crippen LogP contribution is 2.39. The molecule has 2 aromatic rings. The van der Waals surface area contributed by atoms with Gasteiger partial charge in [-0.1, -0.05) is 61.3 Å². The van der Waals surface area contributed by atoms with Crippen molar-refractivity contribution in [2.24, 2.45) is 11.8 Å². The zero-order chi connectivity index (χ0) is 48.4. The molecule has 66 heavy (non-hydrogen) atoms. The Bertz CT molecular complexity index is 2090. The van der Waals surface area contributed by atoms with Crippen LogP contribution in [0, 0.1) is 11.8 Å². The van der Waals surface area contributed by atoms with Gasteiger partial charge in [0.25, 0.3) is 11.8 Å². The number of aliphatic carboxylic acids is 1. The molecule has 362 valence electrons. The van der Waals surface area contributed by atoms with Gasteiger partial charge in [0, 0.05) is 48.3 Å². The molecule has 6 fully saturated rings. The molecule has 2 N–H and O–H groups in total. The molecule has 2 aromatic carbocycles. The molecule has 2 spiro atoms. The van der Waals surface area contributed by atoms with E-state index in [4.69, 9.17) is 37.8 Å². The maximum absolute atomic E-state index is 13.9. The van der Waals surface area contributed by atoms with Crippen molar-refractivity contribution < 1.29 is 51.8 Å². The second kappa shape index (κ2) is 20.3. The minimum absolute atomic E-state index is 0.0459. The first kappa shape index (κ1) is 50.8. The lowest BCUT2D eigenvalue weighted by atomic mass is 9.80. The van der Waals surface area contributed by atoms with Gasteiger partial charge in [-0.2, -0.15) is 13.2 Å². The summed E-state index contributed by atoms with van der Waals surface area (Å²) in [7, 11) is 0. The van der Waals surface area contributed by atoms with Crippen LogP contribution in [-0.4, -0.2) is 140 Å². The van der Waals surface area contributed by atoms with Crippen LogP contribution >= 0.6 is 23.2 Å². The molecule has 19 heteroatoms. The largest absolute Gasteiger partial charge is 0.490 e. The number of halogens is 5. The molecule has 4 aliphatic heterocycles. The summed E-state index contributed by atoms with van der Waals surface area (Å²) in [5, 5.41) is 11.6. The van der Waals surface area contributed by atoms with Crippen molar-refractivity contribution in [3.05, 3.63) is 69.7 Å². The molecular weight excluding hydrogens is 904 g/mol. The smallest absolute Gasteiger partial charge is 0.475 e. The third-order valence-electron chi connectivity index (χ3n) is 13.6. The molecule has 4 saturated heterocycles. The standard InChI is InChI=1S/C25H34ClN3O4.C20H26ClN3O2.C2HF3O2/c1-17-5-11-20(12-6-17)28-14-21(30)29(13-18-7-9-19(26)10-8-18)25(22(28)31)15-27(16-25)23(32)33-24(2,3)4;1-14-2-8-17(9-3-14)23-11-18(25)24(20(19(23)26)12-22-13-20)10-15-4-6-16(21)7-5-15;3-2(4,5)1(6)7/h7-10,17,20H,5-6,11-16H2,1-4H3;4-7,14,17,22H,2-3,8-13H2,1H3;(H,6,7). The van der Waals surface area contributed by atoms with E-state index in [0.717, 1.165) is 68.4 Å². The number of rotatable bonds is 6. The average Bonchev–Trinajstić information content (AvgIpc) is 3.21. The molecular formula is C47H61Cl2F3N6O8. The lowest BCUT2D eigenvalue weighted by molar-refractivity contribution is -0.192. The minimum Gasteiger partial charge on any atom is -0.475 e. The summed E-state index contributed by atoms with van der Waals surface area (Å²) in [6.07, 6.45) is 2.74. The minimum atomic E-state index is -5.08. The topological polar surface area (TPSA) is 160 Å². The summed E-state index contributed by atoms with van der Waals surface area (Å²) in [6.45, 7) is 12.4. The summed E-state index contributed by atoms with van der Waals surface area (Å²) in [5.41, 5.74) is -0.482. The Labute approximate surface area is 394 Å². The van der Waals surface area contributed by atoms with Crippen molar-refractivity contribution in [2.45, 2.75) is 134 Å². The molecule has 6 aliphatic rings. The maximum atomic E-state index is 13.9. The summed E-state index contributed by atoms with van der Waals surface area (Å²) in [4.78, 5) is 83.9. The number of carboxylic acids is 1. The van der Waals surface area contributed by atoms with Crippen molar-refractivity contribution in [1.82, 2.24) is 29.8 Å². The number of ether oxygens (including phenoxy) is 1. The Morgan fingerprint density at radius 2 is 1.05 bits per heavy atom. The van der Waals surface area contributed by atoms with Crippen LogP contribution in [0.3, 0.4) is 0 Å². The number of nitrogens with one attached hydrogen (secondary N) is 1. The number of benzene rings is 2. The summed E-state index contributed by atoms with van der Waals surface area (Å²) in [5.74, 6) is -1.32. The van der Waals surface area contributed by atoms with E-state index < -0.39 is 34.9 Å². The van der Waals surface area contributed by atoms with E-state index >= 15 is 0 Å². The Balaban J connectivity index is 0.000000194. The van der Waals surface area contributed by atoms with Crippen LogP contribution in [0.25, 0.3) is 0 Å². The van der Waals surface area contributed by atoms with E-state index in [1.165, 1.54) is 4.90 Å². The third kappa shape index (κ3) is 11.6. The molecule has 0 bridgehead atoms. The first-order valence-corrected chi connectivity index (χ1v) is 23.4. The molecule has 0 atom stereocenters. The van der Waals surface area contributed by atoms with E-state index in [1.54, 1.807) is 26.8 Å². The van der Waals surface area contributed by atoms with Crippen LogP contribution < -0.4 is 5.32 Å². The highest BCUT2D eigenvalue weighted by atomic mass is 35.5. The van der Waals surface area contributed by atoms with Crippen LogP contribution in [0.15, 0.2) is 48.5 Å². The van der Waals surface area contributed by atoms with Crippen molar-refractivity contribution in [2.75, 3.05) is 39.3 Å². The van der Waals surface area contributed by atoms with Crippen molar-refractivity contribution >= 4 is 58.9 Å². The Morgan fingerprint density at radius 3 is 1.38 bits per heavy atom. The van der Waals surface area contributed by atoms with E-state index in [0.29, 0.717) is 42.1 Å². The van der Waals surface area contributed by atoms with E-state index in [9.17, 15) is 37.1 Å². The van der Waals surface area contributed by atoms with Crippen LogP contribution in [-0.2, 0) is 41.8 Å². The highest BCUT2D eigenvalue weighted by molar-refractivity contribution is 6.30. The normalized spacial score (nSPS) is 25.0. The number of nitrogens with zero attached hydrogens (tertiary/aromatic N) is 5. The fourth-order valence-corrected chi connectivity index (χ4v) is 9.87. The number of likely N-dealkylation sites (tertiary alicyclic amines) is 1. The number of hydrogen-bond donors (Lipinski definition) is 2. The number of alkyl halides is 3. The molecule has 14 nitrogen and oxygen atoms in total. The number of hydrogen-bond acceptors (Lipinski definition) is 8. The van der Waals surface area contributed by atoms with Crippen LogP contribution in [0.5, 0.6) is 0 Å². The van der Waals surface area contributed by atoms with Crippen LogP contribution in [0.1, 0.15) is 97.1 Å². The van der Waals surface area contributed by atoms with E-state index in [2.05, 4.69) is 19.2 Å². The van der Waals surface area contributed by atoms with Gasteiger partial charge in [0.2, 0.25) is 11.8 Å². The predicted molar refractivity (Wildman–Crippen MR) is 240 cm³/mol. The molecule has 2 saturated carbocycles. The lowest BCUT2D eigenvalue weighted by Crippen LogP contribution is -2.81. The SMILES string of the molecule is CC1CCC(N2CC(=O)N(Cc3ccc(Cl)cc3)C3(CN(C(=O)OC(C)(C)C)C3)C2=O)CC1.CC1CCC(N2CC(=O)N(Cc3ccc(Cl)cc3)C3(CNC3)C2=O)CC1.O=C(O)C(F)(F)F. The monoisotopic (exact) mass is 964 g/mol. The molecule has 0 radical (unpaired) electrons. The first-order valence-electron chi connectivity index (χ1n) is 22.6. The first-order chi connectivity index (χ1) is 30.9. The molecule has 0 aromatic heterocycles. The van der Waals surface area contributed by atoms with Crippen LogP contribution in [0.2, 0.25) is 10.0 Å². The van der Waals surface area contributed by atoms with E-state index in [-0.39, 0.29) is 61.9 Å². The average molecular weight is 966 g/mol. The summed E-state index contributed by atoms with van der Waals surface area (Å²) in [6, 6.07) is 15.1. The fourth-order valence-electron chi connectivity index (χ4n) is 9.62. The molecule has 0 unspecified atom stereocenters. The zero-order valence-electron chi connectivity index (χ0n) is 38.2. The molecule has 4 heterocycles. The number of carboxylic acid groups (broad SMARTS) is 1. The van der Waals surface area contributed by atoms with Gasteiger partial charge in [0.05, 0.1) is 13.1 Å². The maximum Gasteiger partial charge on any atom is 0.490 e. The number of carbonyl (C=O) groups is 6. The van der Waals surface area contributed by atoms with Gasteiger partial charge in [-0.15, -0.1) is 0 Å². The van der Waals surface area contributed by atoms with E-state index in [1.807, 2.05) is 62.1 Å². The lowest BCUT2D eigenvalue weighted by Gasteiger charge is -2.58. The van der Waals surface area contributed by atoms with Gasteiger partial charge in [0.15, 0.2) is 5.54 Å². The molecule has 2 aliphatic carbocycles. The van der Waals surface area contributed by atoms with Gasteiger partial charge < -0.3 is 39.7 Å².